The molecule has 1 N–H and O–H groups in total. The molecule has 0 aliphatic carbocycles. The average molecular weight is 345 g/mol. The SMILES string of the molecule is OC(Cc1cc(F)cc(Br)c1)Cc1ccc(F)c(F)c1. The van der Waals surface area contributed by atoms with E-state index in [9.17, 15) is 18.3 Å². The molecule has 1 unspecified atom stereocenters. The molecular weight excluding hydrogens is 333 g/mol. The van der Waals surface area contributed by atoms with Crippen LogP contribution in [0.2, 0.25) is 0 Å². The van der Waals surface area contributed by atoms with Crippen LogP contribution in [0.5, 0.6) is 0 Å². The van der Waals surface area contributed by atoms with Crippen molar-refractivity contribution in [3.8, 4) is 0 Å². The van der Waals surface area contributed by atoms with Gasteiger partial charge in [0.25, 0.3) is 0 Å². The molecule has 0 aliphatic heterocycles. The van der Waals surface area contributed by atoms with E-state index in [0.717, 1.165) is 12.1 Å². The van der Waals surface area contributed by atoms with Gasteiger partial charge < -0.3 is 5.11 Å². The first-order chi connectivity index (χ1) is 9.44. The van der Waals surface area contributed by atoms with E-state index in [1.54, 1.807) is 6.07 Å². The van der Waals surface area contributed by atoms with Crippen molar-refractivity contribution >= 4 is 15.9 Å². The maximum atomic E-state index is 13.2. The summed E-state index contributed by atoms with van der Waals surface area (Å²) >= 11 is 3.17. The molecule has 0 aromatic heterocycles. The fourth-order valence-corrected chi connectivity index (χ4v) is 2.52. The summed E-state index contributed by atoms with van der Waals surface area (Å²) in [6.07, 6.45) is -0.394. The molecule has 0 bridgehead atoms. The molecule has 1 atom stereocenters. The molecular formula is C15H12BrF3O. The van der Waals surface area contributed by atoms with Crippen LogP contribution in [0.4, 0.5) is 13.2 Å². The molecule has 0 radical (unpaired) electrons. The fourth-order valence-electron chi connectivity index (χ4n) is 2.01. The minimum Gasteiger partial charge on any atom is -0.392 e. The van der Waals surface area contributed by atoms with E-state index >= 15 is 0 Å². The van der Waals surface area contributed by atoms with E-state index in [0.29, 0.717) is 15.6 Å². The van der Waals surface area contributed by atoms with Crippen LogP contribution < -0.4 is 0 Å². The molecule has 0 amide bonds. The van der Waals surface area contributed by atoms with Crippen molar-refractivity contribution in [2.24, 2.45) is 0 Å². The van der Waals surface area contributed by atoms with Crippen molar-refractivity contribution in [2.75, 3.05) is 0 Å². The van der Waals surface area contributed by atoms with E-state index in [4.69, 9.17) is 0 Å². The fraction of sp³-hybridized carbons (Fsp3) is 0.200. The van der Waals surface area contributed by atoms with Crippen LogP contribution in [-0.4, -0.2) is 11.2 Å². The third kappa shape index (κ3) is 4.08. The van der Waals surface area contributed by atoms with Crippen LogP contribution in [0, 0.1) is 17.5 Å². The molecule has 0 aliphatic rings. The van der Waals surface area contributed by atoms with Crippen LogP contribution in [0.25, 0.3) is 0 Å². The Hall–Kier alpha value is -1.33. The van der Waals surface area contributed by atoms with Gasteiger partial charge in [0.05, 0.1) is 6.10 Å². The highest BCUT2D eigenvalue weighted by molar-refractivity contribution is 9.10. The summed E-state index contributed by atoms with van der Waals surface area (Å²) in [5.41, 5.74) is 1.12. The second-order valence-corrected chi connectivity index (χ2v) is 5.50. The second-order valence-electron chi connectivity index (χ2n) is 4.59. The Bertz CT molecular complexity index is 596. The Balaban J connectivity index is 2.04. The minimum absolute atomic E-state index is 0.172. The number of hydrogen-bond donors (Lipinski definition) is 1. The number of rotatable bonds is 4. The Morgan fingerprint density at radius 2 is 1.60 bits per heavy atom. The number of aliphatic hydroxyl groups excluding tert-OH is 1. The van der Waals surface area contributed by atoms with Crippen molar-refractivity contribution < 1.29 is 18.3 Å². The number of hydrogen-bond acceptors (Lipinski definition) is 1. The molecule has 0 heterocycles. The Morgan fingerprint density at radius 1 is 0.900 bits per heavy atom. The summed E-state index contributed by atoms with van der Waals surface area (Å²) in [6, 6.07) is 7.86. The molecule has 20 heavy (non-hydrogen) atoms. The van der Waals surface area contributed by atoms with E-state index in [-0.39, 0.29) is 12.8 Å². The van der Waals surface area contributed by atoms with Gasteiger partial charge in [-0.15, -0.1) is 0 Å². The molecule has 5 heteroatoms. The molecule has 1 nitrogen and oxygen atoms in total. The summed E-state index contributed by atoms with van der Waals surface area (Å²) < 4.78 is 39.6. The van der Waals surface area contributed by atoms with Crippen LogP contribution in [0.15, 0.2) is 40.9 Å². The first kappa shape index (κ1) is 15.1. The maximum Gasteiger partial charge on any atom is 0.159 e. The standard InChI is InChI=1S/C15H12BrF3O/c16-11-3-10(4-12(17)8-11)6-13(20)5-9-1-2-14(18)15(19)7-9/h1-4,7-8,13,20H,5-6H2. The zero-order chi connectivity index (χ0) is 14.7. The van der Waals surface area contributed by atoms with Gasteiger partial charge in [0.1, 0.15) is 5.82 Å². The maximum absolute atomic E-state index is 13.2. The molecule has 106 valence electrons. The number of aliphatic hydroxyl groups is 1. The highest BCUT2D eigenvalue weighted by atomic mass is 79.9. The summed E-state index contributed by atoms with van der Waals surface area (Å²) in [7, 11) is 0. The lowest BCUT2D eigenvalue weighted by atomic mass is 10.0. The highest BCUT2D eigenvalue weighted by Crippen LogP contribution is 2.18. The van der Waals surface area contributed by atoms with E-state index < -0.39 is 23.6 Å². The zero-order valence-electron chi connectivity index (χ0n) is 10.4. The van der Waals surface area contributed by atoms with Gasteiger partial charge in [-0.05, 0) is 54.3 Å². The lowest BCUT2D eigenvalue weighted by Gasteiger charge is -2.11. The van der Waals surface area contributed by atoms with Crippen molar-refractivity contribution in [1.29, 1.82) is 0 Å². The summed E-state index contributed by atoms with van der Waals surface area (Å²) in [5, 5.41) is 9.94. The lowest BCUT2D eigenvalue weighted by Crippen LogP contribution is -2.14. The van der Waals surface area contributed by atoms with Gasteiger partial charge in [-0.3, -0.25) is 0 Å². The van der Waals surface area contributed by atoms with Gasteiger partial charge in [0.15, 0.2) is 11.6 Å². The Morgan fingerprint density at radius 3 is 2.25 bits per heavy atom. The van der Waals surface area contributed by atoms with Crippen molar-refractivity contribution in [3.63, 3.8) is 0 Å². The lowest BCUT2D eigenvalue weighted by molar-refractivity contribution is 0.175. The van der Waals surface area contributed by atoms with Gasteiger partial charge in [0.2, 0.25) is 0 Å². The van der Waals surface area contributed by atoms with Gasteiger partial charge in [-0.1, -0.05) is 22.0 Å². The van der Waals surface area contributed by atoms with Gasteiger partial charge >= 0.3 is 0 Å². The van der Waals surface area contributed by atoms with Crippen LogP contribution in [0.1, 0.15) is 11.1 Å². The molecule has 2 aromatic carbocycles. The summed E-state index contributed by atoms with van der Waals surface area (Å²) in [5.74, 6) is -2.25. The Labute approximate surface area is 123 Å². The first-order valence-electron chi connectivity index (χ1n) is 6.01. The Kier molecular flexibility index (Phi) is 4.83. The van der Waals surface area contributed by atoms with Crippen LogP contribution in [0.3, 0.4) is 0 Å². The second kappa shape index (κ2) is 6.41. The van der Waals surface area contributed by atoms with Crippen molar-refractivity contribution in [2.45, 2.75) is 18.9 Å². The summed E-state index contributed by atoms with van der Waals surface area (Å²) in [4.78, 5) is 0. The largest absolute Gasteiger partial charge is 0.392 e. The quantitative estimate of drug-likeness (QED) is 0.888. The third-order valence-electron chi connectivity index (χ3n) is 2.85. The normalized spacial score (nSPS) is 12.4. The number of benzene rings is 2. The van der Waals surface area contributed by atoms with Gasteiger partial charge in [0, 0.05) is 4.47 Å². The average Bonchev–Trinajstić information content (AvgIpc) is 2.32. The molecule has 0 spiro atoms. The molecule has 0 fully saturated rings. The summed E-state index contributed by atoms with van der Waals surface area (Å²) in [6.45, 7) is 0. The van der Waals surface area contributed by atoms with Crippen LogP contribution in [-0.2, 0) is 12.8 Å². The van der Waals surface area contributed by atoms with Crippen LogP contribution >= 0.6 is 15.9 Å². The van der Waals surface area contributed by atoms with Crippen molar-refractivity contribution in [3.05, 3.63) is 69.4 Å². The van der Waals surface area contributed by atoms with Gasteiger partial charge in [-0.2, -0.15) is 0 Å². The zero-order valence-corrected chi connectivity index (χ0v) is 12.0. The van der Waals surface area contributed by atoms with E-state index in [1.165, 1.54) is 18.2 Å². The monoisotopic (exact) mass is 344 g/mol. The molecule has 2 aromatic rings. The van der Waals surface area contributed by atoms with Crippen molar-refractivity contribution in [1.82, 2.24) is 0 Å². The highest BCUT2D eigenvalue weighted by Gasteiger charge is 2.10. The predicted octanol–water partition coefficient (Wildman–Crippen LogP) is 4.01. The van der Waals surface area contributed by atoms with E-state index in [1.807, 2.05) is 0 Å². The molecule has 0 saturated heterocycles. The molecule has 2 rings (SSSR count). The topological polar surface area (TPSA) is 20.2 Å². The predicted molar refractivity (Wildman–Crippen MR) is 73.9 cm³/mol. The smallest absolute Gasteiger partial charge is 0.159 e. The molecule has 0 saturated carbocycles. The van der Waals surface area contributed by atoms with E-state index in [2.05, 4.69) is 15.9 Å². The minimum atomic E-state index is -0.941. The third-order valence-corrected chi connectivity index (χ3v) is 3.31. The first-order valence-corrected chi connectivity index (χ1v) is 6.80. The van der Waals surface area contributed by atoms with Gasteiger partial charge in [-0.25, -0.2) is 13.2 Å². The number of halogens is 4.